The molecule has 1 rings (SSSR count). The third-order valence-corrected chi connectivity index (χ3v) is 1.88. The number of hydrogen-bond donors (Lipinski definition) is 0. The third-order valence-electron chi connectivity index (χ3n) is 1.88. The lowest BCUT2D eigenvalue weighted by molar-refractivity contribution is -0.152. The Morgan fingerprint density at radius 2 is 2.00 bits per heavy atom. The van der Waals surface area contributed by atoms with Gasteiger partial charge in [-0.25, -0.2) is 0 Å². The van der Waals surface area contributed by atoms with Gasteiger partial charge >= 0.3 is 5.97 Å². The Morgan fingerprint density at radius 1 is 1.50 bits per heavy atom. The van der Waals surface area contributed by atoms with Gasteiger partial charge in [-0.1, -0.05) is 0 Å². The second kappa shape index (κ2) is 2.60. The van der Waals surface area contributed by atoms with Crippen molar-refractivity contribution in [1.29, 1.82) is 0 Å². The normalized spacial score (nSPS) is 22.6. The first-order chi connectivity index (χ1) is 4.62. The second-order valence-electron chi connectivity index (χ2n) is 2.98. The summed E-state index contributed by atoms with van der Waals surface area (Å²) >= 11 is 0. The minimum Gasteiger partial charge on any atom is -0.459 e. The summed E-state index contributed by atoms with van der Waals surface area (Å²) in [6.45, 7) is 5.30. The maximum Gasteiger partial charge on any atom is 0.303 e. The molecule has 57 valence electrons. The van der Waals surface area contributed by atoms with Crippen molar-refractivity contribution >= 4 is 5.97 Å². The van der Waals surface area contributed by atoms with Crippen LogP contribution in [0.5, 0.6) is 0 Å². The summed E-state index contributed by atoms with van der Waals surface area (Å²) in [6, 6.07) is 0. The SMILES string of the molecule is [CH2]C1(OC(C)=O)CCCC1. The van der Waals surface area contributed by atoms with Crippen molar-refractivity contribution in [3.8, 4) is 0 Å². The first kappa shape index (κ1) is 7.58. The van der Waals surface area contributed by atoms with E-state index in [1.807, 2.05) is 0 Å². The molecule has 0 saturated heterocycles. The van der Waals surface area contributed by atoms with Gasteiger partial charge < -0.3 is 4.74 Å². The molecule has 1 radical (unpaired) electrons. The zero-order valence-electron chi connectivity index (χ0n) is 6.35. The lowest BCUT2D eigenvalue weighted by Gasteiger charge is -2.22. The summed E-state index contributed by atoms with van der Waals surface area (Å²) in [4.78, 5) is 10.5. The van der Waals surface area contributed by atoms with Crippen LogP contribution in [0.4, 0.5) is 0 Å². The molecule has 0 unspecified atom stereocenters. The van der Waals surface area contributed by atoms with Crippen LogP contribution in [0.25, 0.3) is 0 Å². The molecule has 2 heteroatoms. The Kier molecular flexibility index (Phi) is 1.97. The number of hydrogen-bond acceptors (Lipinski definition) is 2. The van der Waals surface area contributed by atoms with Gasteiger partial charge in [0.25, 0.3) is 0 Å². The number of ether oxygens (including phenoxy) is 1. The van der Waals surface area contributed by atoms with E-state index in [4.69, 9.17) is 4.74 Å². The van der Waals surface area contributed by atoms with Gasteiger partial charge in [0.2, 0.25) is 0 Å². The standard InChI is InChI=1S/C8H13O2/c1-7(9)10-8(2)5-3-4-6-8/h2-6H2,1H3. The topological polar surface area (TPSA) is 26.3 Å². The molecule has 0 spiro atoms. The first-order valence-corrected chi connectivity index (χ1v) is 3.67. The molecule has 0 aromatic rings. The number of carbonyl (C=O) groups is 1. The second-order valence-corrected chi connectivity index (χ2v) is 2.98. The van der Waals surface area contributed by atoms with Gasteiger partial charge in [0.15, 0.2) is 0 Å². The van der Waals surface area contributed by atoms with Crippen molar-refractivity contribution in [2.45, 2.75) is 38.2 Å². The summed E-state index contributed by atoms with van der Waals surface area (Å²) in [7, 11) is 0. The Hall–Kier alpha value is -0.530. The maximum atomic E-state index is 10.5. The van der Waals surface area contributed by atoms with E-state index < -0.39 is 0 Å². The van der Waals surface area contributed by atoms with Crippen LogP contribution in [0.15, 0.2) is 0 Å². The summed E-state index contributed by atoms with van der Waals surface area (Å²) in [5.41, 5.74) is -0.383. The zero-order valence-corrected chi connectivity index (χ0v) is 6.35. The highest BCUT2D eigenvalue weighted by atomic mass is 16.6. The third kappa shape index (κ3) is 1.72. The van der Waals surface area contributed by atoms with Crippen LogP contribution in [0.3, 0.4) is 0 Å². The van der Waals surface area contributed by atoms with Crippen molar-refractivity contribution < 1.29 is 9.53 Å². The minimum absolute atomic E-state index is 0.211. The van der Waals surface area contributed by atoms with E-state index in [2.05, 4.69) is 6.92 Å². The first-order valence-electron chi connectivity index (χ1n) is 3.67. The Morgan fingerprint density at radius 3 is 2.40 bits per heavy atom. The monoisotopic (exact) mass is 141 g/mol. The van der Waals surface area contributed by atoms with Crippen LogP contribution in [-0.2, 0) is 9.53 Å². The van der Waals surface area contributed by atoms with Gasteiger partial charge in [-0.3, -0.25) is 4.79 Å². The highest BCUT2D eigenvalue weighted by molar-refractivity contribution is 5.66. The van der Waals surface area contributed by atoms with Crippen LogP contribution in [0.1, 0.15) is 32.6 Å². The molecule has 2 nitrogen and oxygen atoms in total. The molecule has 1 aliphatic carbocycles. The van der Waals surface area contributed by atoms with Crippen LogP contribution >= 0.6 is 0 Å². The van der Waals surface area contributed by atoms with Gasteiger partial charge in [-0.15, -0.1) is 0 Å². The predicted molar refractivity (Wildman–Crippen MR) is 38.3 cm³/mol. The van der Waals surface area contributed by atoms with Gasteiger partial charge in [-0.05, 0) is 32.6 Å². The van der Waals surface area contributed by atoms with Crippen molar-refractivity contribution in [3.63, 3.8) is 0 Å². The molecule has 0 amide bonds. The van der Waals surface area contributed by atoms with Crippen molar-refractivity contribution in [3.05, 3.63) is 6.92 Å². The molecule has 1 fully saturated rings. The van der Waals surface area contributed by atoms with E-state index in [1.165, 1.54) is 6.92 Å². The van der Waals surface area contributed by atoms with Crippen LogP contribution in [0, 0.1) is 6.92 Å². The number of rotatable bonds is 1. The van der Waals surface area contributed by atoms with Gasteiger partial charge in [0, 0.05) is 6.92 Å². The van der Waals surface area contributed by atoms with Crippen LogP contribution in [-0.4, -0.2) is 11.6 Å². The lowest BCUT2D eigenvalue weighted by atomic mass is 10.1. The van der Waals surface area contributed by atoms with Crippen LogP contribution in [0.2, 0.25) is 0 Å². The van der Waals surface area contributed by atoms with Gasteiger partial charge in [0.05, 0.1) is 0 Å². The zero-order chi connectivity index (χ0) is 7.61. The van der Waals surface area contributed by atoms with Gasteiger partial charge in [0.1, 0.15) is 5.60 Å². The summed E-state index contributed by atoms with van der Waals surface area (Å²) in [6.07, 6.45) is 4.12. The average molecular weight is 141 g/mol. The van der Waals surface area contributed by atoms with E-state index in [9.17, 15) is 4.79 Å². The minimum atomic E-state index is -0.383. The van der Waals surface area contributed by atoms with Crippen molar-refractivity contribution in [2.75, 3.05) is 0 Å². The molecule has 0 bridgehead atoms. The lowest BCUT2D eigenvalue weighted by Crippen LogP contribution is -2.26. The summed E-state index contributed by atoms with van der Waals surface area (Å²) in [5.74, 6) is -0.211. The fourth-order valence-corrected chi connectivity index (χ4v) is 1.43. The fourth-order valence-electron chi connectivity index (χ4n) is 1.43. The smallest absolute Gasteiger partial charge is 0.303 e. The molecule has 1 aliphatic rings. The Balaban J connectivity index is 2.43. The Bertz CT molecular complexity index is 134. The highest BCUT2D eigenvalue weighted by Crippen LogP contribution is 2.31. The van der Waals surface area contributed by atoms with E-state index in [-0.39, 0.29) is 11.6 Å². The van der Waals surface area contributed by atoms with Crippen LogP contribution < -0.4 is 0 Å². The summed E-state index contributed by atoms with van der Waals surface area (Å²) in [5, 5.41) is 0. The molecule has 0 atom stereocenters. The molecule has 1 saturated carbocycles. The van der Waals surface area contributed by atoms with E-state index in [0.29, 0.717) is 0 Å². The fraction of sp³-hybridized carbons (Fsp3) is 0.750. The molecular formula is C8H13O2. The van der Waals surface area contributed by atoms with Crippen molar-refractivity contribution in [1.82, 2.24) is 0 Å². The molecule has 10 heavy (non-hydrogen) atoms. The van der Waals surface area contributed by atoms with E-state index in [0.717, 1.165) is 25.7 Å². The molecule has 0 aliphatic heterocycles. The largest absolute Gasteiger partial charge is 0.459 e. The molecule has 0 heterocycles. The van der Waals surface area contributed by atoms with Crippen molar-refractivity contribution in [2.24, 2.45) is 0 Å². The molecule has 0 aromatic carbocycles. The number of carbonyl (C=O) groups excluding carboxylic acids is 1. The maximum absolute atomic E-state index is 10.5. The van der Waals surface area contributed by atoms with E-state index >= 15 is 0 Å². The highest BCUT2D eigenvalue weighted by Gasteiger charge is 2.31. The van der Waals surface area contributed by atoms with E-state index in [1.54, 1.807) is 0 Å². The summed E-state index contributed by atoms with van der Waals surface area (Å²) < 4.78 is 5.05. The molecule has 0 aromatic heterocycles. The quantitative estimate of drug-likeness (QED) is 0.519. The predicted octanol–water partition coefficient (Wildman–Crippen LogP) is 1.70. The average Bonchev–Trinajstić information content (AvgIpc) is 2.12. The molecule has 0 N–H and O–H groups in total. The van der Waals surface area contributed by atoms with Gasteiger partial charge in [-0.2, -0.15) is 0 Å². The Labute approximate surface area is 61.6 Å². The number of esters is 1. The molecular weight excluding hydrogens is 128 g/mol.